The van der Waals surface area contributed by atoms with Crippen LogP contribution >= 0.6 is 0 Å². The summed E-state index contributed by atoms with van der Waals surface area (Å²) < 4.78 is 19.0. The van der Waals surface area contributed by atoms with Crippen LogP contribution in [0.1, 0.15) is 11.1 Å². The van der Waals surface area contributed by atoms with Gasteiger partial charge >= 0.3 is 0 Å². The molecule has 1 N–H and O–H groups in total. The van der Waals surface area contributed by atoms with Crippen molar-refractivity contribution >= 4 is 10.9 Å². The lowest BCUT2D eigenvalue weighted by atomic mass is 10.1. The van der Waals surface area contributed by atoms with Gasteiger partial charge in [0.2, 0.25) is 0 Å². The maximum atomic E-state index is 13.5. The molecule has 0 amide bonds. The van der Waals surface area contributed by atoms with E-state index in [-0.39, 0.29) is 11.6 Å². The van der Waals surface area contributed by atoms with Gasteiger partial charge in [0, 0.05) is 22.7 Å². The first-order valence-electron chi connectivity index (χ1n) is 6.18. The number of nitrogens with one attached hydrogen (secondary N) is 1. The molecular formula is C16H14FNO. The molecule has 2 nitrogen and oxygen atoms in total. The number of para-hydroxylation sites is 1. The Kier molecular flexibility index (Phi) is 2.95. The predicted molar refractivity (Wildman–Crippen MR) is 73.8 cm³/mol. The molecule has 1 heterocycles. The number of H-pyrrole nitrogens is 1. The average molecular weight is 255 g/mol. The Hall–Kier alpha value is -2.29. The Labute approximate surface area is 110 Å². The molecule has 0 unspecified atom stereocenters. The van der Waals surface area contributed by atoms with E-state index in [0.717, 1.165) is 16.5 Å². The third-order valence-corrected chi connectivity index (χ3v) is 3.14. The second-order valence-electron chi connectivity index (χ2n) is 4.58. The largest absolute Gasteiger partial charge is 0.486 e. The molecule has 0 bridgehead atoms. The van der Waals surface area contributed by atoms with Crippen LogP contribution in [0.4, 0.5) is 4.39 Å². The van der Waals surface area contributed by atoms with Crippen LogP contribution in [0.5, 0.6) is 5.75 Å². The highest BCUT2D eigenvalue weighted by Crippen LogP contribution is 2.22. The van der Waals surface area contributed by atoms with Crippen LogP contribution in [0.25, 0.3) is 10.9 Å². The summed E-state index contributed by atoms with van der Waals surface area (Å²) in [5, 5.41) is 1.12. The average Bonchev–Trinajstić information content (AvgIpc) is 2.80. The van der Waals surface area contributed by atoms with E-state index in [1.165, 1.54) is 11.6 Å². The van der Waals surface area contributed by atoms with Gasteiger partial charge < -0.3 is 9.72 Å². The SMILES string of the molecule is Cc1ccc2[nH]cc(COc3ccccc3F)c2c1. The minimum absolute atomic E-state index is 0.282. The Bertz CT molecular complexity index is 718. The summed E-state index contributed by atoms with van der Waals surface area (Å²) in [6, 6.07) is 12.6. The van der Waals surface area contributed by atoms with Gasteiger partial charge in [0.25, 0.3) is 0 Å². The van der Waals surface area contributed by atoms with Crippen molar-refractivity contribution in [1.82, 2.24) is 4.98 Å². The van der Waals surface area contributed by atoms with Crippen molar-refractivity contribution in [3.05, 3.63) is 65.6 Å². The fourth-order valence-electron chi connectivity index (χ4n) is 2.13. The van der Waals surface area contributed by atoms with E-state index in [2.05, 4.69) is 17.1 Å². The van der Waals surface area contributed by atoms with Crippen molar-refractivity contribution in [3.63, 3.8) is 0 Å². The Morgan fingerprint density at radius 2 is 2.00 bits per heavy atom. The summed E-state index contributed by atoms with van der Waals surface area (Å²) in [5.74, 6) is -0.0528. The molecule has 3 heteroatoms. The lowest BCUT2D eigenvalue weighted by molar-refractivity contribution is 0.291. The third-order valence-electron chi connectivity index (χ3n) is 3.14. The molecule has 0 aliphatic carbocycles. The van der Waals surface area contributed by atoms with Crippen molar-refractivity contribution in [2.75, 3.05) is 0 Å². The quantitative estimate of drug-likeness (QED) is 0.745. The van der Waals surface area contributed by atoms with E-state index in [0.29, 0.717) is 6.61 Å². The minimum Gasteiger partial charge on any atom is -0.486 e. The van der Waals surface area contributed by atoms with Gasteiger partial charge in [0.15, 0.2) is 11.6 Å². The Balaban J connectivity index is 1.86. The molecule has 2 aromatic carbocycles. The molecule has 1 aromatic heterocycles. The number of fused-ring (bicyclic) bond motifs is 1. The van der Waals surface area contributed by atoms with Crippen LogP contribution in [-0.2, 0) is 6.61 Å². The number of aromatic nitrogens is 1. The molecule has 0 radical (unpaired) electrons. The molecule has 3 rings (SSSR count). The molecule has 0 saturated heterocycles. The molecule has 0 aliphatic heterocycles. The normalized spacial score (nSPS) is 10.8. The van der Waals surface area contributed by atoms with E-state index in [1.807, 2.05) is 19.2 Å². The van der Waals surface area contributed by atoms with Gasteiger partial charge in [0.05, 0.1) is 0 Å². The Morgan fingerprint density at radius 1 is 1.16 bits per heavy atom. The molecular weight excluding hydrogens is 241 g/mol. The second-order valence-corrected chi connectivity index (χ2v) is 4.58. The van der Waals surface area contributed by atoms with E-state index in [1.54, 1.807) is 18.2 Å². The molecule has 0 atom stereocenters. The minimum atomic E-state index is -0.335. The van der Waals surface area contributed by atoms with Gasteiger partial charge in [-0.15, -0.1) is 0 Å². The molecule has 0 spiro atoms. The van der Waals surface area contributed by atoms with Crippen molar-refractivity contribution in [2.45, 2.75) is 13.5 Å². The first kappa shape index (κ1) is 11.8. The van der Waals surface area contributed by atoms with Crippen molar-refractivity contribution in [2.24, 2.45) is 0 Å². The number of rotatable bonds is 3. The number of halogens is 1. The fraction of sp³-hybridized carbons (Fsp3) is 0.125. The van der Waals surface area contributed by atoms with Gasteiger partial charge in [-0.05, 0) is 31.2 Å². The van der Waals surface area contributed by atoms with Gasteiger partial charge in [-0.25, -0.2) is 4.39 Å². The van der Waals surface area contributed by atoms with Crippen LogP contribution in [0.3, 0.4) is 0 Å². The maximum absolute atomic E-state index is 13.5. The summed E-state index contributed by atoms with van der Waals surface area (Å²) in [6.07, 6.45) is 1.91. The van der Waals surface area contributed by atoms with Gasteiger partial charge in [-0.2, -0.15) is 0 Å². The lowest BCUT2D eigenvalue weighted by Gasteiger charge is -2.06. The number of benzene rings is 2. The molecule has 0 aliphatic rings. The van der Waals surface area contributed by atoms with E-state index >= 15 is 0 Å². The van der Waals surface area contributed by atoms with E-state index < -0.39 is 0 Å². The van der Waals surface area contributed by atoms with Gasteiger partial charge in [-0.1, -0.05) is 23.8 Å². The summed E-state index contributed by atoms with van der Waals surface area (Å²) in [7, 11) is 0. The zero-order valence-corrected chi connectivity index (χ0v) is 10.6. The zero-order valence-electron chi connectivity index (χ0n) is 10.6. The highest BCUT2D eigenvalue weighted by atomic mass is 19.1. The summed E-state index contributed by atoms with van der Waals surface area (Å²) in [6.45, 7) is 2.40. The number of hydrogen-bond donors (Lipinski definition) is 1. The maximum Gasteiger partial charge on any atom is 0.165 e. The standard InChI is InChI=1S/C16H14FNO/c1-11-6-7-15-13(8-11)12(9-18-15)10-19-16-5-3-2-4-14(16)17/h2-9,18H,10H2,1H3. The van der Waals surface area contributed by atoms with Crippen molar-refractivity contribution in [3.8, 4) is 5.75 Å². The van der Waals surface area contributed by atoms with E-state index in [9.17, 15) is 4.39 Å². The van der Waals surface area contributed by atoms with Crippen LogP contribution in [-0.4, -0.2) is 4.98 Å². The first-order chi connectivity index (χ1) is 9.24. The van der Waals surface area contributed by atoms with Crippen LogP contribution < -0.4 is 4.74 Å². The zero-order chi connectivity index (χ0) is 13.2. The number of aryl methyl sites for hydroxylation is 1. The summed E-state index contributed by atoms with van der Waals surface area (Å²) in [4.78, 5) is 3.19. The summed E-state index contributed by atoms with van der Waals surface area (Å²) in [5.41, 5.74) is 3.29. The van der Waals surface area contributed by atoms with Crippen molar-refractivity contribution in [1.29, 1.82) is 0 Å². The van der Waals surface area contributed by atoms with Gasteiger partial charge in [-0.3, -0.25) is 0 Å². The number of ether oxygens (including phenoxy) is 1. The lowest BCUT2D eigenvalue weighted by Crippen LogP contribution is -1.96. The molecule has 0 saturated carbocycles. The van der Waals surface area contributed by atoms with Crippen LogP contribution in [0.2, 0.25) is 0 Å². The van der Waals surface area contributed by atoms with Crippen LogP contribution in [0, 0.1) is 12.7 Å². The molecule has 3 aromatic rings. The predicted octanol–water partition coefficient (Wildman–Crippen LogP) is 4.19. The Morgan fingerprint density at radius 3 is 2.84 bits per heavy atom. The number of aromatic amines is 1. The smallest absolute Gasteiger partial charge is 0.165 e. The highest BCUT2D eigenvalue weighted by Gasteiger charge is 2.06. The topological polar surface area (TPSA) is 25.0 Å². The second kappa shape index (κ2) is 4.76. The third kappa shape index (κ3) is 2.32. The van der Waals surface area contributed by atoms with Crippen molar-refractivity contribution < 1.29 is 9.13 Å². The first-order valence-corrected chi connectivity index (χ1v) is 6.18. The molecule has 19 heavy (non-hydrogen) atoms. The van der Waals surface area contributed by atoms with E-state index in [4.69, 9.17) is 4.74 Å². The highest BCUT2D eigenvalue weighted by molar-refractivity contribution is 5.83. The van der Waals surface area contributed by atoms with Crippen LogP contribution in [0.15, 0.2) is 48.7 Å². The molecule has 96 valence electrons. The number of hydrogen-bond acceptors (Lipinski definition) is 1. The molecule has 0 fully saturated rings. The van der Waals surface area contributed by atoms with Gasteiger partial charge in [0.1, 0.15) is 6.61 Å². The summed E-state index contributed by atoms with van der Waals surface area (Å²) >= 11 is 0. The monoisotopic (exact) mass is 255 g/mol. The fourth-order valence-corrected chi connectivity index (χ4v) is 2.13.